The molecule has 4 nitrogen and oxygen atoms in total. The van der Waals surface area contributed by atoms with E-state index in [1.54, 1.807) is 0 Å². The van der Waals surface area contributed by atoms with E-state index in [0.29, 0.717) is 19.5 Å². The first kappa shape index (κ1) is 15.4. The fraction of sp³-hybridized carbons (Fsp3) is 0.263. The molecule has 1 saturated heterocycles. The van der Waals surface area contributed by atoms with Crippen LogP contribution >= 0.6 is 0 Å². The van der Waals surface area contributed by atoms with Gasteiger partial charge in [-0.25, -0.2) is 4.90 Å². The number of hydrogen-bond donors (Lipinski definition) is 1. The van der Waals surface area contributed by atoms with Crippen molar-refractivity contribution >= 4 is 11.8 Å². The quantitative estimate of drug-likeness (QED) is 0.819. The van der Waals surface area contributed by atoms with Crippen molar-refractivity contribution in [2.24, 2.45) is 0 Å². The zero-order valence-electron chi connectivity index (χ0n) is 13.1. The van der Waals surface area contributed by atoms with Crippen LogP contribution in [0.15, 0.2) is 60.7 Å². The minimum absolute atomic E-state index is 0.0476. The standard InChI is InChI=1S/C19H20N2O2/c22-18-11-12-19(23)21(18)15-20(13-16-7-3-1-4-8-16)14-17-9-5-2-6-10-17/h1-10H,11-15H2/p+1. The van der Waals surface area contributed by atoms with Crippen molar-refractivity contribution in [3.8, 4) is 0 Å². The first-order chi connectivity index (χ1) is 11.2. The number of nitrogens with one attached hydrogen (secondary N) is 1. The molecule has 2 aromatic rings. The van der Waals surface area contributed by atoms with Gasteiger partial charge in [0.15, 0.2) is 6.67 Å². The number of benzene rings is 2. The van der Waals surface area contributed by atoms with Gasteiger partial charge >= 0.3 is 0 Å². The highest BCUT2D eigenvalue weighted by Crippen LogP contribution is 2.09. The highest BCUT2D eigenvalue weighted by Gasteiger charge is 2.32. The normalized spacial score (nSPS) is 14.7. The van der Waals surface area contributed by atoms with E-state index >= 15 is 0 Å². The summed E-state index contributed by atoms with van der Waals surface area (Å²) in [6, 6.07) is 20.4. The van der Waals surface area contributed by atoms with Crippen molar-refractivity contribution in [3.05, 3.63) is 71.8 Å². The molecule has 0 bridgehead atoms. The van der Waals surface area contributed by atoms with Gasteiger partial charge in [0.05, 0.1) is 0 Å². The molecule has 2 aromatic carbocycles. The Morgan fingerprint density at radius 1 is 0.739 bits per heavy atom. The Balaban J connectivity index is 1.75. The summed E-state index contributed by atoms with van der Waals surface area (Å²) in [7, 11) is 0. The van der Waals surface area contributed by atoms with Crippen LogP contribution in [0.1, 0.15) is 24.0 Å². The average Bonchev–Trinajstić information content (AvgIpc) is 2.89. The fourth-order valence-electron chi connectivity index (χ4n) is 2.97. The third kappa shape index (κ3) is 4.05. The van der Waals surface area contributed by atoms with E-state index in [2.05, 4.69) is 24.3 Å². The van der Waals surface area contributed by atoms with Crippen molar-refractivity contribution in [3.63, 3.8) is 0 Å². The van der Waals surface area contributed by atoms with Crippen LogP contribution in [0.3, 0.4) is 0 Å². The summed E-state index contributed by atoms with van der Waals surface area (Å²) in [6.45, 7) is 2.00. The molecule has 0 aromatic heterocycles. The minimum Gasteiger partial charge on any atom is -0.310 e. The maximum atomic E-state index is 11.9. The lowest BCUT2D eigenvalue weighted by molar-refractivity contribution is -0.934. The van der Waals surface area contributed by atoms with Crippen LogP contribution < -0.4 is 4.90 Å². The molecule has 0 aliphatic carbocycles. The number of nitrogens with zero attached hydrogens (tertiary/aromatic N) is 1. The predicted molar refractivity (Wildman–Crippen MR) is 87.2 cm³/mol. The molecule has 3 rings (SSSR count). The van der Waals surface area contributed by atoms with Gasteiger partial charge in [0.1, 0.15) is 13.1 Å². The van der Waals surface area contributed by atoms with Gasteiger partial charge in [0.2, 0.25) is 11.8 Å². The number of carbonyl (C=O) groups is 2. The molecule has 1 aliphatic heterocycles. The van der Waals surface area contributed by atoms with Gasteiger partial charge in [-0.15, -0.1) is 0 Å². The van der Waals surface area contributed by atoms with Crippen molar-refractivity contribution in [2.75, 3.05) is 6.67 Å². The van der Waals surface area contributed by atoms with Crippen molar-refractivity contribution in [2.45, 2.75) is 25.9 Å². The number of likely N-dealkylation sites (tertiary alicyclic amines) is 1. The highest BCUT2D eigenvalue weighted by atomic mass is 16.2. The Morgan fingerprint density at radius 2 is 1.17 bits per heavy atom. The van der Waals surface area contributed by atoms with Gasteiger partial charge in [-0.05, 0) is 0 Å². The number of rotatable bonds is 6. The van der Waals surface area contributed by atoms with Crippen LogP contribution in [-0.2, 0) is 22.7 Å². The van der Waals surface area contributed by atoms with Crippen molar-refractivity contribution < 1.29 is 14.5 Å². The molecule has 118 valence electrons. The molecule has 23 heavy (non-hydrogen) atoms. The summed E-state index contributed by atoms with van der Waals surface area (Å²) in [5.74, 6) is -0.0951. The molecular formula is C19H21N2O2+. The Hall–Kier alpha value is -2.46. The molecule has 4 heteroatoms. The average molecular weight is 309 g/mol. The van der Waals surface area contributed by atoms with E-state index in [9.17, 15) is 9.59 Å². The van der Waals surface area contributed by atoms with E-state index in [4.69, 9.17) is 0 Å². The van der Waals surface area contributed by atoms with Crippen LogP contribution in [0, 0.1) is 0 Å². The second kappa shape index (κ2) is 7.20. The molecule has 1 aliphatic rings. The Kier molecular flexibility index (Phi) is 4.83. The Labute approximate surface area is 136 Å². The third-order valence-electron chi connectivity index (χ3n) is 4.13. The van der Waals surface area contributed by atoms with Crippen LogP contribution in [-0.4, -0.2) is 23.4 Å². The summed E-state index contributed by atoms with van der Waals surface area (Å²) < 4.78 is 0. The topological polar surface area (TPSA) is 41.8 Å². The summed E-state index contributed by atoms with van der Waals surface area (Å²) in [5, 5.41) is 0. The Bertz CT molecular complexity index is 613. The van der Waals surface area contributed by atoms with Crippen molar-refractivity contribution in [1.29, 1.82) is 0 Å². The summed E-state index contributed by atoms with van der Waals surface area (Å²) in [4.78, 5) is 26.4. The molecule has 2 amide bonds. The summed E-state index contributed by atoms with van der Waals surface area (Å²) >= 11 is 0. The maximum Gasteiger partial charge on any atom is 0.234 e. The van der Waals surface area contributed by atoms with E-state index in [-0.39, 0.29) is 11.8 Å². The maximum absolute atomic E-state index is 11.9. The van der Waals surface area contributed by atoms with E-state index in [1.807, 2.05) is 36.4 Å². The minimum atomic E-state index is -0.0476. The summed E-state index contributed by atoms with van der Waals surface area (Å²) in [5.41, 5.74) is 2.41. The highest BCUT2D eigenvalue weighted by molar-refractivity contribution is 6.01. The molecule has 0 unspecified atom stereocenters. The molecule has 0 spiro atoms. The third-order valence-corrected chi connectivity index (χ3v) is 4.13. The number of imide groups is 1. The molecule has 1 fully saturated rings. The predicted octanol–water partition coefficient (Wildman–Crippen LogP) is 1.38. The van der Waals surface area contributed by atoms with Gasteiger partial charge in [-0.1, -0.05) is 60.7 Å². The van der Waals surface area contributed by atoms with Gasteiger partial charge in [-0.2, -0.15) is 0 Å². The Morgan fingerprint density at radius 3 is 1.61 bits per heavy atom. The molecular weight excluding hydrogens is 288 g/mol. The smallest absolute Gasteiger partial charge is 0.234 e. The number of carbonyl (C=O) groups excluding carboxylic acids is 2. The van der Waals surface area contributed by atoms with Gasteiger partial charge < -0.3 is 4.90 Å². The van der Waals surface area contributed by atoms with Gasteiger partial charge in [0.25, 0.3) is 0 Å². The van der Waals surface area contributed by atoms with E-state index in [0.717, 1.165) is 13.1 Å². The SMILES string of the molecule is O=C1CCC(=O)N1C[NH+](Cc1ccccc1)Cc1ccccc1. The first-order valence-corrected chi connectivity index (χ1v) is 7.97. The van der Waals surface area contributed by atoms with Crippen LogP contribution in [0.2, 0.25) is 0 Å². The second-order valence-electron chi connectivity index (χ2n) is 5.95. The lowest BCUT2D eigenvalue weighted by Crippen LogP contribution is -3.11. The van der Waals surface area contributed by atoms with Crippen LogP contribution in [0.5, 0.6) is 0 Å². The molecule has 1 N–H and O–H groups in total. The fourth-order valence-corrected chi connectivity index (χ4v) is 2.97. The number of quaternary nitrogens is 1. The molecule has 1 heterocycles. The van der Waals surface area contributed by atoms with Crippen LogP contribution in [0.25, 0.3) is 0 Å². The van der Waals surface area contributed by atoms with E-state index in [1.165, 1.54) is 20.9 Å². The summed E-state index contributed by atoms with van der Waals surface area (Å²) in [6.07, 6.45) is 0.700. The van der Waals surface area contributed by atoms with E-state index < -0.39 is 0 Å². The zero-order chi connectivity index (χ0) is 16.1. The molecule has 0 saturated carbocycles. The number of amides is 2. The zero-order valence-corrected chi connectivity index (χ0v) is 13.1. The van der Waals surface area contributed by atoms with Crippen LogP contribution in [0.4, 0.5) is 0 Å². The molecule has 0 radical (unpaired) electrons. The second-order valence-corrected chi connectivity index (χ2v) is 5.95. The number of hydrogen-bond acceptors (Lipinski definition) is 2. The lowest BCUT2D eigenvalue weighted by atomic mass is 10.2. The van der Waals surface area contributed by atoms with Crippen molar-refractivity contribution in [1.82, 2.24) is 4.90 Å². The largest absolute Gasteiger partial charge is 0.310 e. The monoisotopic (exact) mass is 309 g/mol. The lowest BCUT2D eigenvalue weighted by Gasteiger charge is -2.24. The first-order valence-electron chi connectivity index (χ1n) is 7.97. The van der Waals surface area contributed by atoms with Gasteiger partial charge in [-0.3, -0.25) is 9.59 Å². The molecule has 0 atom stereocenters. The van der Waals surface area contributed by atoms with Gasteiger partial charge in [0, 0.05) is 24.0 Å².